The van der Waals surface area contributed by atoms with Gasteiger partial charge in [0.25, 0.3) is 11.6 Å². The number of hydrogen-bond acceptors (Lipinski definition) is 5. The highest BCUT2D eigenvalue weighted by Gasteiger charge is 2.37. The Hall–Kier alpha value is -2.68. The van der Waals surface area contributed by atoms with Gasteiger partial charge in [-0.25, -0.2) is 9.78 Å². The number of aromatic nitrogens is 4. The van der Waals surface area contributed by atoms with E-state index in [-0.39, 0.29) is 17.2 Å². The van der Waals surface area contributed by atoms with Gasteiger partial charge in [0.15, 0.2) is 5.69 Å². The molecule has 2 aromatic heterocycles. The number of fused-ring (bicyclic) bond motifs is 1. The molecular weight excluding hydrogens is 349 g/mol. The highest BCUT2D eigenvalue weighted by molar-refractivity contribution is 6.30. The number of benzene rings is 1. The van der Waals surface area contributed by atoms with E-state index >= 15 is 0 Å². The number of methoxy groups -OCH3 is 1. The van der Waals surface area contributed by atoms with Crippen molar-refractivity contribution in [1.82, 2.24) is 19.6 Å². The van der Waals surface area contributed by atoms with Gasteiger partial charge in [-0.05, 0) is 18.2 Å². The normalized spacial score (nSPS) is 11.7. The maximum Gasteiger partial charge on any atom is 0.453 e. The average Bonchev–Trinajstić information content (AvgIpc) is 2.98. The molecule has 0 bridgehead atoms. The van der Waals surface area contributed by atoms with Crippen LogP contribution in [0.3, 0.4) is 0 Å². The standard InChI is InChI=1S/C14H8ClF3N4O2/c1-24-11(23)10-6-9(7-2-4-8(15)5-3-7)19-13-20-12(14(16,17)18)21-22(10)13/h2-6H,1H3. The highest BCUT2D eigenvalue weighted by Crippen LogP contribution is 2.28. The summed E-state index contributed by atoms with van der Waals surface area (Å²) in [6.45, 7) is 0. The first kappa shape index (κ1) is 16.2. The molecule has 0 aliphatic rings. The van der Waals surface area contributed by atoms with Gasteiger partial charge in [-0.2, -0.15) is 22.7 Å². The lowest BCUT2D eigenvalue weighted by Crippen LogP contribution is -2.12. The Bertz CT molecular complexity index is 922. The van der Waals surface area contributed by atoms with E-state index in [2.05, 4.69) is 19.8 Å². The zero-order valence-corrected chi connectivity index (χ0v) is 12.8. The molecule has 0 unspecified atom stereocenters. The third-order valence-electron chi connectivity index (χ3n) is 3.10. The van der Waals surface area contributed by atoms with Gasteiger partial charge in [-0.1, -0.05) is 23.7 Å². The molecule has 0 saturated heterocycles. The van der Waals surface area contributed by atoms with Crippen molar-refractivity contribution in [2.75, 3.05) is 7.11 Å². The summed E-state index contributed by atoms with van der Waals surface area (Å²) in [6.07, 6.45) is -4.76. The number of esters is 1. The zero-order valence-electron chi connectivity index (χ0n) is 12.0. The van der Waals surface area contributed by atoms with E-state index in [0.29, 0.717) is 15.1 Å². The second kappa shape index (κ2) is 5.75. The van der Waals surface area contributed by atoms with Gasteiger partial charge in [-0.15, -0.1) is 5.10 Å². The van der Waals surface area contributed by atoms with Gasteiger partial charge in [0.1, 0.15) is 0 Å². The van der Waals surface area contributed by atoms with Crippen molar-refractivity contribution in [2.24, 2.45) is 0 Å². The molecule has 0 spiro atoms. The van der Waals surface area contributed by atoms with Crippen molar-refractivity contribution in [3.8, 4) is 11.3 Å². The summed E-state index contributed by atoms with van der Waals surface area (Å²) in [7, 11) is 1.11. The van der Waals surface area contributed by atoms with Crippen LogP contribution < -0.4 is 0 Å². The molecule has 24 heavy (non-hydrogen) atoms. The molecule has 0 aliphatic heterocycles. The molecule has 0 fully saturated rings. The van der Waals surface area contributed by atoms with Gasteiger partial charge in [-0.3, -0.25) is 0 Å². The molecule has 0 N–H and O–H groups in total. The molecule has 0 atom stereocenters. The maximum absolute atomic E-state index is 12.8. The van der Waals surface area contributed by atoms with Gasteiger partial charge in [0.2, 0.25) is 0 Å². The number of rotatable bonds is 2. The van der Waals surface area contributed by atoms with Crippen LogP contribution in [0.4, 0.5) is 13.2 Å². The van der Waals surface area contributed by atoms with Gasteiger partial charge < -0.3 is 4.74 Å². The Kier molecular flexibility index (Phi) is 3.88. The van der Waals surface area contributed by atoms with E-state index in [4.69, 9.17) is 11.6 Å². The summed E-state index contributed by atoms with van der Waals surface area (Å²) in [5.74, 6) is -2.63. The van der Waals surface area contributed by atoms with Gasteiger partial charge in [0.05, 0.1) is 12.8 Å². The first-order valence-electron chi connectivity index (χ1n) is 6.49. The van der Waals surface area contributed by atoms with E-state index < -0.39 is 18.0 Å². The summed E-state index contributed by atoms with van der Waals surface area (Å²) in [6, 6.07) is 7.68. The van der Waals surface area contributed by atoms with Crippen LogP contribution in [0.15, 0.2) is 30.3 Å². The fourth-order valence-electron chi connectivity index (χ4n) is 2.01. The zero-order chi connectivity index (χ0) is 17.5. The molecule has 3 aromatic rings. The number of hydrogen-bond donors (Lipinski definition) is 0. The number of alkyl halides is 3. The van der Waals surface area contributed by atoms with Crippen LogP contribution >= 0.6 is 11.6 Å². The molecule has 0 saturated carbocycles. The summed E-state index contributed by atoms with van der Waals surface area (Å²) >= 11 is 5.81. The minimum atomic E-state index is -4.76. The molecule has 3 rings (SSSR count). The average molecular weight is 357 g/mol. The third-order valence-corrected chi connectivity index (χ3v) is 3.35. The summed E-state index contributed by atoms with van der Waals surface area (Å²) in [5.41, 5.74) is 0.555. The van der Waals surface area contributed by atoms with Crippen LogP contribution in [-0.4, -0.2) is 32.7 Å². The molecule has 0 aliphatic carbocycles. The van der Waals surface area contributed by atoms with E-state index in [1.165, 1.54) is 6.07 Å². The second-order valence-corrected chi connectivity index (χ2v) is 5.11. The number of nitrogens with zero attached hydrogens (tertiary/aromatic N) is 4. The van der Waals surface area contributed by atoms with Crippen molar-refractivity contribution in [3.63, 3.8) is 0 Å². The first-order chi connectivity index (χ1) is 11.3. The summed E-state index contributed by atoms with van der Waals surface area (Å²) < 4.78 is 43.7. The third kappa shape index (κ3) is 2.90. The smallest absolute Gasteiger partial charge is 0.453 e. The molecule has 2 heterocycles. The predicted octanol–water partition coefficient (Wildman–Crippen LogP) is 3.25. The lowest BCUT2D eigenvalue weighted by Gasteiger charge is -2.06. The molecule has 6 nitrogen and oxygen atoms in total. The van der Waals surface area contributed by atoms with Crippen molar-refractivity contribution in [2.45, 2.75) is 6.18 Å². The van der Waals surface area contributed by atoms with E-state index in [0.717, 1.165) is 7.11 Å². The molecular formula is C14H8ClF3N4O2. The highest BCUT2D eigenvalue weighted by atomic mass is 35.5. The topological polar surface area (TPSA) is 69.4 Å². The number of halogens is 4. The van der Waals surface area contributed by atoms with Crippen LogP contribution in [0.2, 0.25) is 5.02 Å². The van der Waals surface area contributed by atoms with Crippen LogP contribution in [0.5, 0.6) is 0 Å². The van der Waals surface area contributed by atoms with Crippen molar-refractivity contribution in [1.29, 1.82) is 0 Å². The molecule has 10 heteroatoms. The predicted molar refractivity (Wildman–Crippen MR) is 77.6 cm³/mol. The number of carbonyl (C=O) groups is 1. The number of ether oxygens (including phenoxy) is 1. The molecule has 1 aromatic carbocycles. The Labute approximate surface area is 137 Å². The van der Waals surface area contributed by atoms with E-state index in [9.17, 15) is 18.0 Å². The van der Waals surface area contributed by atoms with Crippen LogP contribution in [0, 0.1) is 0 Å². The van der Waals surface area contributed by atoms with E-state index in [1.807, 2.05) is 0 Å². The molecule has 124 valence electrons. The quantitative estimate of drug-likeness (QED) is 0.659. The summed E-state index contributed by atoms with van der Waals surface area (Å²) in [5, 5.41) is 3.78. The Morgan fingerprint density at radius 2 is 1.88 bits per heavy atom. The van der Waals surface area contributed by atoms with Crippen molar-refractivity contribution in [3.05, 3.63) is 46.9 Å². The lowest BCUT2D eigenvalue weighted by atomic mass is 10.1. The Morgan fingerprint density at radius 3 is 2.46 bits per heavy atom. The van der Waals surface area contributed by atoms with E-state index in [1.54, 1.807) is 24.3 Å². The number of carbonyl (C=O) groups excluding carboxylic acids is 1. The minimum Gasteiger partial charge on any atom is -0.464 e. The van der Waals surface area contributed by atoms with Gasteiger partial charge >= 0.3 is 12.1 Å². The van der Waals surface area contributed by atoms with Crippen molar-refractivity contribution >= 4 is 23.3 Å². The molecule has 0 radical (unpaired) electrons. The Morgan fingerprint density at radius 1 is 1.21 bits per heavy atom. The van der Waals surface area contributed by atoms with Crippen molar-refractivity contribution < 1.29 is 22.7 Å². The lowest BCUT2D eigenvalue weighted by molar-refractivity contribution is -0.144. The monoisotopic (exact) mass is 356 g/mol. The Balaban J connectivity index is 2.25. The van der Waals surface area contributed by atoms with Crippen LogP contribution in [-0.2, 0) is 10.9 Å². The molecule has 0 amide bonds. The fourth-order valence-corrected chi connectivity index (χ4v) is 2.13. The first-order valence-corrected chi connectivity index (χ1v) is 6.86. The summed E-state index contributed by atoms with van der Waals surface area (Å²) in [4.78, 5) is 19.3. The largest absolute Gasteiger partial charge is 0.464 e. The SMILES string of the molecule is COC(=O)c1cc(-c2ccc(Cl)cc2)nc2nc(C(F)(F)F)nn12. The maximum atomic E-state index is 12.8. The van der Waals surface area contributed by atoms with Gasteiger partial charge in [0, 0.05) is 10.6 Å². The second-order valence-electron chi connectivity index (χ2n) is 4.67. The van der Waals surface area contributed by atoms with Crippen LogP contribution in [0.25, 0.3) is 17.0 Å². The fraction of sp³-hybridized carbons (Fsp3) is 0.143. The van der Waals surface area contributed by atoms with Crippen LogP contribution in [0.1, 0.15) is 16.3 Å². The minimum absolute atomic E-state index is 0.226.